The van der Waals surface area contributed by atoms with Gasteiger partial charge in [-0.05, 0) is 30.7 Å². The Balaban J connectivity index is 2.04. The van der Waals surface area contributed by atoms with Crippen LogP contribution in [0.25, 0.3) is 0 Å². The average Bonchev–Trinajstić information content (AvgIpc) is 2.48. The molecule has 0 unspecified atom stereocenters. The largest absolute Gasteiger partial charge is 0.435 e. The summed E-state index contributed by atoms with van der Waals surface area (Å²) in [7, 11) is -1.32. The second-order valence-corrected chi connectivity index (χ2v) is 6.47. The summed E-state index contributed by atoms with van der Waals surface area (Å²) >= 11 is 0. The highest BCUT2D eigenvalue weighted by Gasteiger charge is 2.17. The third-order valence-corrected chi connectivity index (χ3v) is 4.86. The number of ether oxygens (including phenoxy) is 1. The highest BCUT2D eigenvalue weighted by molar-refractivity contribution is 7.84. The van der Waals surface area contributed by atoms with Crippen LogP contribution in [0.15, 0.2) is 48.5 Å². The number of halogens is 3. The summed E-state index contributed by atoms with van der Waals surface area (Å²) < 4.78 is 54.4. The molecule has 0 amide bonds. The molecular weight excluding hydrogens is 313 g/mol. The predicted octanol–water partition coefficient (Wildman–Crippen LogP) is 4.44. The Morgan fingerprint density at radius 1 is 1.09 bits per heavy atom. The standard InChI is InChI=1S/C16H15F3O2S/c1-11(14-4-2-3-5-15(14)17)22(20)10-12-6-8-13(9-7-12)21-16(18)19/h2-9,11,16H,10H2,1H3/t11-,22+/m1/s1. The number of alkyl halides is 2. The predicted molar refractivity (Wildman–Crippen MR) is 79.7 cm³/mol. The highest BCUT2D eigenvalue weighted by atomic mass is 32.2. The van der Waals surface area contributed by atoms with E-state index in [1.54, 1.807) is 37.3 Å². The van der Waals surface area contributed by atoms with Crippen LogP contribution in [0.4, 0.5) is 13.2 Å². The SMILES string of the molecule is C[C@H](c1ccccc1F)[S@@](=O)Cc1ccc(OC(F)F)cc1. The maximum atomic E-state index is 13.7. The molecule has 2 atom stereocenters. The van der Waals surface area contributed by atoms with E-state index in [1.807, 2.05) is 0 Å². The summed E-state index contributed by atoms with van der Waals surface area (Å²) in [4.78, 5) is 0. The minimum Gasteiger partial charge on any atom is -0.435 e. The molecule has 0 aliphatic carbocycles. The van der Waals surface area contributed by atoms with E-state index >= 15 is 0 Å². The zero-order valence-electron chi connectivity index (χ0n) is 11.8. The van der Waals surface area contributed by atoms with Crippen LogP contribution < -0.4 is 4.74 Å². The molecule has 0 bridgehead atoms. The number of hydrogen-bond acceptors (Lipinski definition) is 2. The van der Waals surface area contributed by atoms with Crippen molar-refractivity contribution in [3.05, 3.63) is 65.5 Å². The number of benzene rings is 2. The van der Waals surface area contributed by atoms with E-state index in [-0.39, 0.29) is 17.3 Å². The quantitative estimate of drug-likeness (QED) is 0.784. The van der Waals surface area contributed by atoms with Gasteiger partial charge >= 0.3 is 6.61 Å². The minimum absolute atomic E-state index is 0.0479. The van der Waals surface area contributed by atoms with Crippen LogP contribution in [0.5, 0.6) is 5.75 Å². The van der Waals surface area contributed by atoms with Crippen molar-refractivity contribution in [2.45, 2.75) is 24.5 Å². The van der Waals surface area contributed by atoms with E-state index < -0.39 is 22.7 Å². The second-order valence-electron chi connectivity index (χ2n) is 4.71. The fourth-order valence-electron chi connectivity index (χ4n) is 2.00. The third kappa shape index (κ3) is 4.34. The first-order valence-corrected chi connectivity index (χ1v) is 8.01. The van der Waals surface area contributed by atoms with Gasteiger partial charge in [0.15, 0.2) is 0 Å². The molecule has 0 N–H and O–H groups in total. The van der Waals surface area contributed by atoms with Crippen molar-refractivity contribution in [1.29, 1.82) is 0 Å². The fraction of sp³-hybridized carbons (Fsp3) is 0.250. The molecule has 0 aliphatic rings. The van der Waals surface area contributed by atoms with Crippen LogP contribution in [0.3, 0.4) is 0 Å². The minimum atomic E-state index is -2.87. The van der Waals surface area contributed by atoms with Gasteiger partial charge in [-0.1, -0.05) is 30.3 Å². The zero-order valence-corrected chi connectivity index (χ0v) is 12.7. The van der Waals surface area contributed by atoms with E-state index in [9.17, 15) is 17.4 Å². The Labute approximate surface area is 129 Å². The molecule has 0 fully saturated rings. The average molecular weight is 328 g/mol. The smallest absolute Gasteiger partial charge is 0.387 e. The topological polar surface area (TPSA) is 26.3 Å². The molecule has 2 aromatic rings. The molecule has 2 rings (SSSR count). The molecule has 0 aromatic heterocycles. The molecule has 2 aromatic carbocycles. The fourth-order valence-corrected chi connectivity index (χ4v) is 3.25. The molecule has 0 radical (unpaired) electrons. The first-order chi connectivity index (χ1) is 10.5. The number of hydrogen-bond donors (Lipinski definition) is 0. The summed E-state index contributed by atoms with van der Waals surface area (Å²) in [6.07, 6.45) is 0. The van der Waals surface area contributed by atoms with Crippen LogP contribution in [0, 0.1) is 5.82 Å². The van der Waals surface area contributed by atoms with Crippen molar-refractivity contribution in [2.24, 2.45) is 0 Å². The lowest BCUT2D eigenvalue weighted by molar-refractivity contribution is -0.0498. The molecule has 118 valence electrons. The van der Waals surface area contributed by atoms with Crippen molar-refractivity contribution in [3.63, 3.8) is 0 Å². The molecule has 0 saturated heterocycles. The molecule has 2 nitrogen and oxygen atoms in total. The van der Waals surface area contributed by atoms with Gasteiger partial charge < -0.3 is 4.74 Å². The zero-order chi connectivity index (χ0) is 16.1. The lowest BCUT2D eigenvalue weighted by Gasteiger charge is -2.13. The second kappa shape index (κ2) is 7.45. The van der Waals surface area contributed by atoms with Gasteiger partial charge in [0.2, 0.25) is 0 Å². The molecule has 0 spiro atoms. The molecule has 6 heteroatoms. The highest BCUT2D eigenvalue weighted by Crippen LogP contribution is 2.25. The van der Waals surface area contributed by atoms with E-state index in [2.05, 4.69) is 4.74 Å². The monoisotopic (exact) mass is 328 g/mol. The van der Waals surface area contributed by atoms with Crippen LogP contribution >= 0.6 is 0 Å². The van der Waals surface area contributed by atoms with Gasteiger partial charge in [-0.25, -0.2) is 4.39 Å². The van der Waals surface area contributed by atoms with Gasteiger partial charge in [-0.3, -0.25) is 4.21 Å². The van der Waals surface area contributed by atoms with Gasteiger partial charge in [0, 0.05) is 22.1 Å². The first kappa shape index (κ1) is 16.5. The van der Waals surface area contributed by atoms with Crippen LogP contribution in [-0.2, 0) is 16.6 Å². The van der Waals surface area contributed by atoms with Crippen molar-refractivity contribution < 1.29 is 22.1 Å². The summed E-state index contributed by atoms with van der Waals surface area (Å²) in [5, 5.41) is -0.460. The Morgan fingerprint density at radius 2 is 1.73 bits per heavy atom. The van der Waals surface area contributed by atoms with E-state index in [1.165, 1.54) is 18.2 Å². The molecule has 22 heavy (non-hydrogen) atoms. The molecular formula is C16H15F3O2S. The normalized spacial score (nSPS) is 13.9. The van der Waals surface area contributed by atoms with Crippen molar-refractivity contribution in [3.8, 4) is 5.75 Å². The maximum absolute atomic E-state index is 13.7. The summed E-state index contributed by atoms with van der Waals surface area (Å²) in [5.41, 5.74) is 1.11. The Kier molecular flexibility index (Phi) is 5.60. The lowest BCUT2D eigenvalue weighted by Crippen LogP contribution is -2.07. The van der Waals surface area contributed by atoms with Gasteiger partial charge in [-0.2, -0.15) is 8.78 Å². The number of rotatable bonds is 6. The van der Waals surface area contributed by atoms with Gasteiger partial charge in [0.25, 0.3) is 0 Å². The third-order valence-electron chi connectivity index (χ3n) is 3.19. The Morgan fingerprint density at radius 3 is 2.32 bits per heavy atom. The maximum Gasteiger partial charge on any atom is 0.387 e. The van der Waals surface area contributed by atoms with E-state index in [4.69, 9.17) is 0 Å². The Bertz CT molecular complexity index is 644. The molecule has 0 aliphatic heterocycles. The Hall–Kier alpha value is -1.82. The van der Waals surface area contributed by atoms with Crippen molar-refractivity contribution >= 4 is 10.8 Å². The van der Waals surface area contributed by atoms with Gasteiger partial charge in [0.1, 0.15) is 11.6 Å². The molecule has 0 saturated carbocycles. The van der Waals surface area contributed by atoms with Gasteiger partial charge in [-0.15, -0.1) is 0 Å². The summed E-state index contributed by atoms with van der Waals surface area (Å²) in [6.45, 7) is -1.18. The summed E-state index contributed by atoms with van der Waals surface area (Å²) in [6, 6.07) is 12.2. The van der Waals surface area contributed by atoms with Crippen molar-refractivity contribution in [2.75, 3.05) is 0 Å². The lowest BCUT2D eigenvalue weighted by atomic mass is 10.1. The molecule has 0 heterocycles. The van der Waals surface area contributed by atoms with Gasteiger partial charge in [0.05, 0.1) is 5.25 Å². The summed E-state index contributed by atoms with van der Waals surface area (Å²) in [5.74, 6) is -0.125. The van der Waals surface area contributed by atoms with Crippen molar-refractivity contribution in [1.82, 2.24) is 0 Å². The van der Waals surface area contributed by atoms with Crippen LogP contribution in [0.1, 0.15) is 23.3 Å². The first-order valence-electron chi connectivity index (χ1n) is 6.62. The van der Waals surface area contributed by atoms with Crippen LogP contribution in [-0.4, -0.2) is 10.8 Å². The van der Waals surface area contributed by atoms with E-state index in [0.29, 0.717) is 11.1 Å². The van der Waals surface area contributed by atoms with E-state index in [0.717, 1.165) is 0 Å². The van der Waals surface area contributed by atoms with Crippen LogP contribution in [0.2, 0.25) is 0 Å².